The number of anilines is 3. The minimum Gasteiger partial charge on any atom is -0.504 e. The van der Waals surface area contributed by atoms with Crippen LogP contribution in [0.3, 0.4) is 0 Å². The molecule has 28 heavy (non-hydrogen) atoms. The van der Waals surface area contributed by atoms with Gasteiger partial charge in [0.15, 0.2) is 11.5 Å². The molecule has 0 atom stereocenters. The standard InChI is InChI=1S/C21H23N5O2/c1-28-20-5-4-15(9-19(20)27)13-26-8-7-23-18-10-21(24-11-16(18)14-26)25-17-3-2-6-22-12-17/h2-6,9-12,23,27H,7-8,13-14H2,1H3,(H,24,25). The highest BCUT2D eigenvalue weighted by Gasteiger charge is 2.16. The normalized spacial score (nSPS) is 13.9. The quantitative estimate of drug-likeness (QED) is 0.629. The average Bonchev–Trinajstić information content (AvgIpc) is 2.90. The minimum absolute atomic E-state index is 0.168. The second-order valence-corrected chi connectivity index (χ2v) is 6.74. The van der Waals surface area contributed by atoms with Gasteiger partial charge in [0, 0.05) is 55.9 Å². The van der Waals surface area contributed by atoms with Crippen LogP contribution in [0.25, 0.3) is 0 Å². The first kappa shape index (κ1) is 18.1. The third-order valence-corrected chi connectivity index (χ3v) is 4.71. The first-order chi connectivity index (χ1) is 13.7. The number of aromatic nitrogens is 2. The van der Waals surface area contributed by atoms with Crippen LogP contribution in [0.1, 0.15) is 11.1 Å². The Balaban J connectivity index is 1.47. The van der Waals surface area contributed by atoms with Gasteiger partial charge in [-0.05, 0) is 29.8 Å². The van der Waals surface area contributed by atoms with Gasteiger partial charge in [0.25, 0.3) is 0 Å². The van der Waals surface area contributed by atoms with E-state index in [1.54, 1.807) is 31.6 Å². The smallest absolute Gasteiger partial charge is 0.160 e. The van der Waals surface area contributed by atoms with Crippen molar-refractivity contribution in [2.75, 3.05) is 30.8 Å². The number of hydrogen-bond acceptors (Lipinski definition) is 7. The molecule has 0 unspecified atom stereocenters. The molecule has 4 rings (SSSR count). The first-order valence-electron chi connectivity index (χ1n) is 9.19. The van der Waals surface area contributed by atoms with Crippen molar-refractivity contribution in [3.8, 4) is 11.5 Å². The molecule has 3 N–H and O–H groups in total. The van der Waals surface area contributed by atoms with Crippen molar-refractivity contribution in [1.29, 1.82) is 0 Å². The molecule has 0 fully saturated rings. The maximum Gasteiger partial charge on any atom is 0.160 e. The number of ether oxygens (including phenoxy) is 1. The summed E-state index contributed by atoms with van der Waals surface area (Å²) in [4.78, 5) is 11.0. The van der Waals surface area contributed by atoms with Crippen LogP contribution in [0, 0.1) is 0 Å². The summed E-state index contributed by atoms with van der Waals surface area (Å²) in [5.74, 6) is 1.44. The van der Waals surface area contributed by atoms with Gasteiger partial charge in [-0.25, -0.2) is 4.98 Å². The molecule has 3 aromatic rings. The van der Waals surface area contributed by atoms with Crippen molar-refractivity contribution in [2.45, 2.75) is 13.1 Å². The van der Waals surface area contributed by atoms with Crippen LogP contribution in [0.2, 0.25) is 0 Å². The summed E-state index contributed by atoms with van der Waals surface area (Å²) >= 11 is 0. The number of fused-ring (bicyclic) bond motifs is 1. The Morgan fingerprint density at radius 3 is 2.96 bits per heavy atom. The lowest BCUT2D eigenvalue weighted by atomic mass is 10.1. The van der Waals surface area contributed by atoms with Crippen molar-refractivity contribution in [1.82, 2.24) is 14.9 Å². The van der Waals surface area contributed by atoms with Crippen molar-refractivity contribution < 1.29 is 9.84 Å². The third-order valence-electron chi connectivity index (χ3n) is 4.71. The highest BCUT2D eigenvalue weighted by Crippen LogP contribution is 2.28. The highest BCUT2D eigenvalue weighted by atomic mass is 16.5. The number of nitrogens with one attached hydrogen (secondary N) is 2. The van der Waals surface area contributed by atoms with Gasteiger partial charge >= 0.3 is 0 Å². The van der Waals surface area contributed by atoms with Crippen LogP contribution in [0.15, 0.2) is 55.0 Å². The molecule has 7 nitrogen and oxygen atoms in total. The van der Waals surface area contributed by atoms with E-state index in [1.165, 1.54) is 0 Å². The van der Waals surface area contributed by atoms with Gasteiger partial charge in [0.1, 0.15) is 5.82 Å². The molecule has 3 heterocycles. The van der Waals surface area contributed by atoms with E-state index in [-0.39, 0.29) is 5.75 Å². The predicted octanol–water partition coefficient (Wildman–Crippen LogP) is 3.36. The summed E-state index contributed by atoms with van der Waals surface area (Å²) in [5.41, 5.74) is 4.18. The fourth-order valence-electron chi connectivity index (χ4n) is 3.32. The molecule has 1 aliphatic rings. The summed E-state index contributed by atoms with van der Waals surface area (Å²) in [6, 6.07) is 11.4. The molecule has 0 spiro atoms. The Morgan fingerprint density at radius 2 is 2.18 bits per heavy atom. The summed E-state index contributed by atoms with van der Waals surface area (Å²) < 4.78 is 5.12. The molecule has 0 radical (unpaired) electrons. The molecule has 0 amide bonds. The van der Waals surface area contributed by atoms with Crippen LogP contribution >= 0.6 is 0 Å². The van der Waals surface area contributed by atoms with E-state index in [9.17, 15) is 5.11 Å². The number of hydrogen-bond donors (Lipinski definition) is 3. The lowest BCUT2D eigenvalue weighted by Gasteiger charge is -2.20. The Labute approximate surface area is 164 Å². The van der Waals surface area contributed by atoms with Gasteiger partial charge in [-0.1, -0.05) is 6.07 Å². The van der Waals surface area contributed by atoms with E-state index in [4.69, 9.17) is 4.74 Å². The summed E-state index contributed by atoms with van der Waals surface area (Å²) in [7, 11) is 1.55. The zero-order valence-corrected chi connectivity index (χ0v) is 15.7. The Bertz CT molecular complexity index is 949. The second-order valence-electron chi connectivity index (χ2n) is 6.74. The van der Waals surface area contributed by atoms with E-state index >= 15 is 0 Å². The number of phenolic OH excluding ortho intramolecular Hbond substituents is 1. The molecule has 144 valence electrons. The molecule has 7 heteroatoms. The maximum atomic E-state index is 10.0. The number of benzene rings is 1. The van der Waals surface area contributed by atoms with Crippen LogP contribution in [-0.2, 0) is 13.1 Å². The highest BCUT2D eigenvalue weighted by molar-refractivity contribution is 5.63. The average molecular weight is 377 g/mol. The van der Waals surface area contributed by atoms with Crippen molar-refractivity contribution >= 4 is 17.2 Å². The molecule has 1 aliphatic heterocycles. The molecular formula is C21H23N5O2. The van der Waals surface area contributed by atoms with E-state index in [2.05, 4.69) is 25.5 Å². The molecule has 0 aliphatic carbocycles. The number of aromatic hydroxyl groups is 1. The zero-order chi connectivity index (χ0) is 19.3. The monoisotopic (exact) mass is 377 g/mol. The number of methoxy groups -OCH3 is 1. The third kappa shape index (κ3) is 4.15. The number of phenols is 1. The lowest BCUT2D eigenvalue weighted by molar-refractivity contribution is 0.271. The number of nitrogens with zero attached hydrogens (tertiary/aromatic N) is 3. The van der Waals surface area contributed by atoms with E-state index in [0.717, 1.165) is 54.5 Å². The van der Waals surface area contributed by atoms with Crippen molar-refractivity contribution in [2.24, 2.45) is 0 Å². The Hall–Kier alpha value is -3.32. The van der Waals surface area contributed by atoms with Crippen LogP contribution in [0.4, 0.5) is 17.2 Å². The molecular weight excluding hydrogens is 354 g/mol. The summed E-state index contributed by atoms with van der Waals surface area (Å²) in [6.45, 7) is 3.27. The van der Waals surface area contributed by atoms with Gasteiger partial charge < -0.3 is 20.5 Å². The second kappa shape index (κ2) is 8.14. The van der Waals surface area contributed by atoms with Crippen molar-refractivity contribution in [3.05, 3.63) is 66.1 Å². The molecule has 1 aromatic carbocycles. The van der Waals surface area contributed by atoms with Gasteiger partial charge in [-0.15, -0.1) is 0 Å². The van der Waals surface area contributed by atoms with Gasteiger partial charge in [0.2, 0.25) is 0 Å². The fraction of sp³-hybridized carbons (Fsp3) is 0.238. The largest absolute Gasteiger partial charge is 0.504 e. The summed E-state index contributed by atoms with van der Waals surface area (Å²) in [6.07, 6.45) is 5.42. The molecule has 2 aromatic heterocycles. The SMILES string of the molecule is COc1ccc(CN2CCNc3cc(Nc4cccnc4)ncc3C2)cc1O. The zero-order valence-electron chi connectivity index (χ0n) is 15.7. The Morgan fingerprint density at radius 1 is 1.25 bits per heavy atom. The van der Waals surface area contributed by atoms with E-state index < -0.39 is 0 Å². The van der Waals surface area contributed by atoms with E-state index in [0.29, 0.717) is 5.75 Å². The predicted molar refractivity (Wildman–Crippen MR) is 109 cm³/mol. The number of rotatable bonds is 5. The molecule has 0 bridgehead atoms. The van der Waals surface area contributed by atoms with Crippen LogP contribution in [-0.4, -0.2) is 40.2 Å². The fourth-order valence-corrected chi connectivity index (χ4v) is 3.32. The summed E-state index contributed by atoms with van der Waals surface area (Å²) in [5, 5.41) is 16.8. The van der Waals surface area contributed by atoms with Gasteiger partial charge in [-0.2, -0.15) is 0 Å². The molecule has 0 saturated carbocycles. The first-order valence-corrected chi connectivity index (χ1v) is 9.19. The Kier molecular flexibility index (Phi) is 5.25. The van der Waals surface area contributed by atoms with Crippen LogP contribution in [0.5, 0.6) is 11.5 Å². The van der Waals surface area contributed by atoms with Gasteiger partial charge in [0.05, 0.1) is 19.0 Å². The maximum absolute atomic E-state index is 10.0. The topological polar surface area (TPSA) is 82.5 Å². The van der Waals surface area contributed by atoms with Crippen LogP contribution < -0.4 is 15.4 Å². The molecule has 0 saturated heterocycles. The van der Waals surface area contributed by atoms with E-state index in [1.807, 2.05) is 30.5 Å². The number of pyridine rings is 2. The van der Waals surface area contributed by atoms with Crippen molar-refractivity contribution in [3.63, 3.8) is 0 Å². The minimum atomic E-state index is 0.168. The van der Waals surface area contributed by atoms with Gasteiger partial charge in [-0.3, -0.25) is 9.88 Å². The lowest BCUT2D eigenvalue weighted by Crippen LogP contribution is -2.25.